The highest BCUT2D eigenvalue weighted by Gasteiger charge is 2.04. The number of ether oxygens (including phenoxy) is 1. The number of hydrogen-bond donors (Lipinski definition) is 1. The van der Waals surface area contributed by atoms with Gasteiger partial charge in [0.1, 0.15) is 18.2 Å². The van der Waals surface area contributed by atoms with Crippen LogP contribution in [-0.2, 0) is 11.4 Å². The third kappa shape index (κ3) is 4.42. The third-order valence-corrected chi connectivity index (χ3v) is 2.69. The van der Waals surface area contributed by atoms with E-state index in [4.69, 9.17) is 4.74 Å². The van der Waals surface area contributed by atoms with Crippen LogP contribution in [0.25, 0.3) is 0 Å². The normalized spacial score (nSPS) is 10.6. The smallest absolute Gasteiger partial charge is 0.236 e. The second kappa shape index (κ2) is 7.19. The first-order valence-corrected chi connectivity index (χ1v) is 6.41. The van der Waals surface area contributed by atoms with Crippen molar-refractivity contribution < 1.29 is 13.9 Å². The van der Waals surface area contributed by atoms with Crippen LogP contribution >= 0.6 is 0 Å². The summed E-state index contributed by atoms with van der Waals surface area (Å²) in [5.74, 6) is 0.00718. The lowest BCUT2D eigenvalue weighted by atomic mass is 10.2. The van der Waals surface area contributed by atoms with Gasteiger partial charge in [0, 0.05) is 18.1 Å². The monoisotopic (exact) mass is 286 g/mol. The van der Waals surface area contributed by atoms with Crippen molar-refractivity contribution in [2.45, 2.75) is 13.5 Å². The molecule has 0 aliphatic heterocycles. The molecule has 108 valence electrons. The number of halogens is 1. The standard InChI is InChI=1S/C16H15FN2O2/c1-12(20)19-18-10-13-6-3-5-9-16(13)21-11-14-7-2-4-8-15(14)17/h2-10H,11H2,1H3,(H,19,20)/b18-10-. The molecule has 0 atom stereocenters. The van der Waals surface area contributed by atoms with Crippen LogP contribution in [0.15, 0.2) is 53.6 Å². The predicted molar refractivity (Wildman–Crippen MR) is 78.6 cm³/mol. The van der Waals surface area contributed by atoms with E-state index in [1.54, 1.807) is 30.3 Å². The molecular weight excluding hydrogens is 271 g/mol. The number of nitrogens with zero attached hydrogens (tertiary/aromatic N) is 1. The molecule has 0 aromatic heterocycles. The molecule has 4 nitrogen and oxygen atoms in total. The lowest BCUT2D eigenvalue weighted by Crippen LogP contribution is -2.12. The number of benzene rings is 2. The number of rotatable bonds is 5. The maximum Gasteiger partial charge on any atom is 0.236 e. The molecule has 0 saturated heterocycles. The summed E-state index contributed by atoms with van der Waals surface area (Å²) >= 11 is 0. The van der Waals surface area contributed by atoms with Crippen LogP contribution in [0.4, 0.5) is 4.39 Å². The molecule has 0 unspecified atom stereocenters. The summed E-state index contributed by atoms with van der Waals surface area (Å²) in [7, 11) is 0. The molecule has 2 rings (SSSR count). The van der Waals surface area contributed by atoms with Crippen molar-refractivity contribution in [2.24, 2.45) is 5.10 Å². The molecule has 0 aliphatic rings. The number of carbonyl (C=O) groups is 1. The molecule has 1 amide bonds. The first-order valence-electron chi connectivity index (χ1n) is 6.41. The molecule has 2 aromatic carbocycles. The highest BCUT2D eigenvalue weighted by molar-refractivity contribution is 5.84. The maximum atomic E-state index is 13.5. The Morgan fingerprint density at radius 3 is 2.71 bits per heavy atom. The van der Waals surface area contributed by atoms with Crippen LogP contribution in [-0.4, -0.2) is 12.1 Å². The second-order valence-corrected chi connectivity index (χ2v) is 4.34. The summed E-state index contributed by atoms with van der Waals surface area (Å²) in [6.45, 7) is 1.50. The van der Waals surface area contributed by atoms with E-state index in [0.29, 0.717) is 16.9 Å². The predicted octanol–water partition coefficient (Wildman–Crippen LogP) is 2.87. The Kier molecular flexibility index (Phi) is 5.04. The zero-order valence-electron chi connectivity index (χ0n) is 11.5. The molecule has 0 bridgehead atoms. The quantitative estimate of drug-likeness (QED) is 0.678. The van der Waals surface area contributed by atoms with E-state index in [0.717, 1.165) is 0 Å². The molecule has 1 N–H and O–H groups in total. The number of para-hydroxylation sites is 1. The number of nitrogens with one attached hydrogen (secondary N) is 1. The van der Waals surface area contributed by atoms with Crippen molar-refractivity contribution in [2.75, 3.05) is 0 Å². The minimum Gasteiger partial charge on any atom is -0.488 e. The third-order valence-electron chi connectivity index (χ3n) is 2.69. The fourth-order valence-corrected chi connectivity index (χ4v) is 1.68. The van der Waals surface area contributed by atoms with E-state index >= 15 is 0 Å². The SMILES string of the molecule is CC(=O)N/N=C\c1ccccc1OCc1ccccc1F. The zero-order chi connectivity index (χ0) is 15.1. The Balaban J connectivity index is 2.08. The largest absolute Gasteiger partial charge is 0.488 e. The number of hydrogen-bond acceptors (Lipinski definition) is 3. The lowest BCUT2D eigenvalue weighted by molar-refractivity contribution is -0.118. The fourth-order valence-electron chi connectivity index (χ4n) is 1.68. The van der Waals surface area contributed by atoms with Crippen LogP contribution in [0.3, 0.4) is 0 Å². The zero-order valence-corrected chi connectivity index (χ0v) is 11.5. The first kappa shape index (κ1) is 14.7. The van der Waals surface area contributed by atoms with E-state index in [1.165, 1.54) is 19.2 Å². The van der Waals surface area contributed by atoms with Gasteiger partial charge in [-0.15, -0.1) is 0 Å². The van der Waals surface area contributed by atoms with Crippen molar-refractivity contribution in [3.63, 3.8) is 0 Å². The van der Waals surface area contributed by atoms with Gasteiger partial charge < -0.3 is 4.74 Å². The topological polar surface area (TPSA) is 50.7 Å². The molecule has 0 saturated carbocycles. The van der Waals surface area contributed by atoms with Gasteiger partial charge in [-0.25, -0.2) is 9.82 Å². The Bertz CT molecular complexity index is 656. The van der Waals surface area contributed by atoms with Crippen LogP contribution in [0, 0.1) is 5.82 Å². The minimum absolute atomic E-state index is 0.123. The molecule has 0 aliphatic carbocycles. The van der Waals surface area contributed by atoms with Crippen LogP contribution in [0.2, 0.25) is 0 Å². The minimum atomic E-state index is -0.304. The van der Waals surface area contributed by atoms with E-state index in [-0.39, 0.29) is 18.3 Å². The lowest BCUT2D eigenvalue weighted by Gasteiger charge is -2.09. The summed E-state index contributed by atoms with van der Waals surface area (Å²) in [5, 5.41) is 3.80. The van der Waals surface area contributed by atoms with Gasteiger partial charge in [-0.05, 0) is 18.2 Å². The molecule has 0 fully saturated rings. The van der Waals surface area contributed by atoms with Crippen LogP contribution in [0.5, 0.6) is 5.75 Å². The van der Waals surface area contributed by atoms with Crippen molar-refractivity contribution in [1.82, 2.24) is 5.43 Å². The van der Waals surface area contributed by atoms with E-state index < -0.39 is 0 Å². The van der Waals surface area contributed by atoms with Gasteiger partial charge in [0.15, 0.2) is 0 Å². The second-order valence-electron chi connectivity index (χ2n) is 4.34. The fraction of sp³-hybridized carbons (Fsp3) is 0.125. The molecule has 21 heavy (non-hydrogen) atoms. The molecule has 0 radical (unpaired) electrons. The summed E-state index contributed by atoms with van der Waals surface area (Å²) in [6.07, 6.45) is 1.48. The summed E-state index contributed by atoms with van der Waals surface area (Å²) in [4.78, 5) is 10.8. The highest BCUT2D eigenvalue weighted by Crippen LogP contribution is 2.18. The van der Waals surface area contributed by atoms with Crippen molar-refractivity contribution >= 4 is 12.1 Å². The molecule has 2 aromatic rings. The average Bonchev–Trinajstić information content (AvgIpc) is 2.47. The molecule has 5 heteroatoms. The maximum absolute atomic E-state index is 13.5. The highest BCUT2D eigenvalue weighted by atomic mass is 19.1. The summed E-state index contributed by atoms with van der Waals surface area (Å²) in [6, 6.07) is 13.6. The van der Waals surface area contributed by atoms with E-state index in [2.05, 4.69) is 10.5 Å². The Morgan fingerprint density at radius 2 is 1.95 bits per heavy atom. The summed E-state index contributed by atoms with van der Waals surface area (Å²) in [5.41, 5.74) is 3.49. The van der Waals surface area contributed by atoms with Crippen molar-refractivity contribution in [3.8, 4) is 5.75 Å². The van der Waals surface area contributed by atoms with Crippen LogP contribution in [0.1, 0.15) is 18.1 Å². The van der Waals surface area contributed by atoms with Crippen molar-refractivity contribution in [1.29, 1.82) is 0 Å². The van der Waals surface area contributed by atoms with Crippen molar-refractivity contribution in [3.05, 3.63) is 65.5 Å². The van der Waals surface area contributed by atoms with E-state index in [1.807, 2.05) is 12.1 Å². The van der Waals surface area contributed by atoms with E-state index in [9.17, 15) is 9.18 Å². The Hall–Kier alpha value is -2.69. The Morgan fingerprint density at radius 1 is 1.24 bits per heavy atom. The van der Waals surface area contributed by atoms with Gasteiger partial charge in [-0.3, -0.25) is 4.79 Å². The molecule has 0 spiro atoms. The van der Waals surface area contributed by atoms with Gasteiger partial charge in [0.2, 0.25) is 5.91 Å². The van der Waals surface area contributed by atoms with Crippen LogP contribution < -0.4 is 10.2 Å². The van der Waals surface area contributed by atoms with Gasteiger partial charge in [0.05, 0.1) is 6.21 Å². The molecular formula is C16H15FN2O2. The number of hydrazone groups is 1. The number of carbonyl (C=O) groups excluding carboxylic acids is 1. The van der Waals surface area contributed by atoms with Gasteiger partial charge in [-0.1, -0.05) is 30.3 Å². The van der Waals surface area contributed by atoms with Gasteiger partial charge in [0.25, 0.3) is 0 Å². The average molecular weight is 286 g/mol. The number of amides is 1. The Labute approximate surface area is 122 Å². The summed E-state index contributed by atoms with van der Waals surface area (Å²) < 4.78 is 19.1. The van der Waals surface area contributed by atoms with Gasteiger partial charge >= 0.3 is 0 Å². The first-order chi connectivity index (χ1) is 10.2. The molecule has 0 heterocycles. The van der Waals surface area contributed by atoms with Gasteiger partial charge in [-0.2, -0.15) is 5.10 Å².